The van der Waals surface area contributed by atoms with Crippen LogP contribution in [0.1, 0.15) is 78.6 Å². The number of hydrogen-bond acceptors (Lipinski definition) is 5. The minimum atomic E-state index is -2.31. The van der Waals surface area contributed by atoms with Crippen molar-refractivity contribution >= 4 is 28.4 Å². The molecule has 2 rings (SSSR count). The van der Waals surface area contributed by atoms with E-state index in [2.05, 4.69) is 85.0 Å². The topological polar surface area (TPSA) is 80.8 Å². The molecule has 37 heavy (non-hydrogen) atoms. The Morgan fingerprint density at radius 2 is 1.65 bits per heavy atom. The zero-order valence-electron chi connectivity index (χ0n) is 25.3. The molecule has 0 spiro atoms. The molecule has 1 aliphatic heterocycles. The summed E-state index contributed by atoms with van der Waals surface area (Å²) in [5.41, 5.74) is 0.459. The van der Waals surface area contributed by atoms with Gasteiger partial charge in [0.1, 0.15) is 12.1 Å². The van der Waals surface area contributed by atoms with Gasteiger partial charge in [-0.3, -0.25) is 14.6 Å². The summed E-state index contributed by atoms with van der Waals surface area (Å²) in [6.45, 7) is 26.4. The van der Waals surface area contributed by atoms with Crippen molar-refractivity contribution < 1.29 is 18.4 Å². The van der Waals surface area contributed by atoms with Crippen molar-refractivity contribution in [2.75, 3.05) is 6.54 Å². The normalized spacial score (nSPS) is 22.2. The Balaban J connectivity index is 2.60. The van der Waals surface area contributed by atoms with Crippen LogP contribution in [0, 0.1) is 0 Å². The lowest BCUT2D eigenvalue weighted by molar-refractivity contribution is -0.128. The van der Waals surface area contributed by atoms with E-state index in [1.54, 1.807) is 29.4 Å². The number of rotatable bonds is 9. The SMILES string of the molecule is CCCC(C)NC(=O)C1[C@H](O[Si](C)(C)C(C)(C)C)[C@@H](O[Si](C)(C)C(C)(C)C)CN1C(=O)c1cccnc1. The first-order valence-corrected chi connectivity index (χ1v) is 19.5. The van der Waals surface area contributed by atoms with Gasteiger partial charge in [0.25, 0.3) is 5.91 Å². The second-order valence-corrected chi connectivity index (χ2v) is 23.1. The second kappa shape index (κ2) is 11.7. The second-order valence-electron chi connectivity index (χ2n) is 13.6. The fourth-order valence-corrected chi connectivity index (χ4v) is 6.73. The van der Waals surface area contributed by atoms with Crippen LogP contribution in [0.15, 0.2) is 24.5 Å². The number of pyridine rings is 1. The summed E-state index contributed by atoms with van der Waals surface area (Å²) in [6.07, 6.45) is 4.09. The first-order valence-electron chi connectivity index (χ1n) is 13.7. The molecule has 0 radical (unpaired) electrons. The van der Waals surface area contributed by atoms with Gasteiger partial charge in [-0.15, -0.1) is 0 Å². The number of hydrogen-bond donors (Lipinski definition) is 1. The number of carbonyl (C=O) groups is 2. The van der Waals surface area contributed by atoms with Crippen LogP contribution >= 0.6 is 0 Å². The summed E-state index contributed by atoms with van der Waals surface area (Å²) in [7, 11) is -4.55. The van der Waals surface area contributed by atoms with Crippen LogP contribution in [0.5, 0.6) is 0 Å². The van der Waals surface area contributed by atoms with E-state index in [9.17, 15) is 9.59 Å². The molecule has 1 aromatic rings. The Kier molecular flexibility index (Phi) is 9.99. The number of amides is 2. The molecule has 1 aliphatic rings. The molecular formula is C28H51N3O4Si2. The van der Waals surface area contributed by atoms with Crippen LogP contribution in [-0.2, 0) is 13.6 Å². The van der Waals surface area contributed by atoms with Crippen LogP contribution in [0.25, 0.3) is 0 Å². The number of nitrogens with one attached hydrogen (secondary N) is 1. The highest BCUT2D eigenvalue weighted by Crippen LogP contribution is 2.43. The van der Waals surface area contributed by atoms with Gasteiger partial charge in [0.05, 0.1) is 11.7 Å². The highest BCUT2D eigenvalue weighted by atomic mass is 28.4. The van der Waals surface area contributed by atoms with Gasteiger partial charge in [-0.1, -0.05) is 54.9 Å². The fraction of sp³-hybridized carbons (Fsp3) is 0.750. The van der Waals surface area contributed by atoms with E-state index in [4.69, 9.17) is 8.85 Å². The molecule has 0 aromatic carbocycles. The zero-order chi connectivity index (χ0) is 28.4. The van der Waals surface area contributed by atoms with Gasteiger partial charge in [-0.05, 0) is 61.7 Å². The molecule has 1 aromatic heterocycles. The van der Waals surface area contributed by atoms with Crippen LogP contribution in [0.4, 0.5) is 0 Å². The van der Waals surface area contributed by atoms with E-state index < -0.39 is 34.9 Å². The van der Waals surface area contributed by atoms with Gasteiger partial charge in [0.15, 0.2) is 16.6 Å². The zero-order valence-corrected chi connectivity index (χ0v) is 27.3. The van der Waals surface area contributed by atoms with Gasteiger partial charge >= 0.3 is 0 Å². The summed E-state index contributed by atoms with van der Waals surface area (Å²) in [5.74, 6) is -0.398. The minimum absolute atomic E-state index is 0.00160. The van der Waals surface area contributed by atoms with Gasteiger partial charge in [0.2, 0.25) is 5.91 Å². The van der Waals surface area contributed by atoms with E-state index in [0.29, 0.717) is 12.1 Å². The van der Waals surface area contributed by atoms with Crippen molar-refractivity contribution in [3.05, 3.63) is 30.1 Å². The van der Waals surface area contributed by atoms with Crippen molar-refractivity contribution in [1.82, 2.24) is 15.2 Å². The molecule has 210 valence electrons. The molecule has 1 saturated heterocycles. The predicted molar refractivity (Wildman–Crippen MR) is 156 cm³/mol. The smallest absolute Gasteiger partial charge is 0.256 e. The van der Waals surface area contributed by atoms with Gasteiger partial charge in [0, 0.05) is 25.0 Å². The quantitative estimate of drug-likeness (QED) is 0.383. The molecule has 2 amide bonds. The number of likely N-dealkylation sites (tertiary alicyclic amines) is 1. The first kappa shape index (κ1) is 31.7. The maximum Gasteiger partial charge on any atom is 0.256 e. The van der Waals surface area contributed by atoms with Crippen molar-refractivity contribution in [1.29, 1.82) is 0 Å². The Hall–Kier alpha value is -1.56. The maximum absolute atomic E-state index is 13.9. The molecule has 0 saturated carbocycles. The molecular weight excluding hydrogens is 498 g/mol. The van der Waals surface area contributed by atoms with Crippen molar-refractivity contribution in [3.63, 3.8) is 0 Å². The molecule has 9 heteroatoms. The monoisotopic (exact) mass is 549 g/mol. The highest BCUT2D eigenvalue weighted by Gasteiger charge is 2.55. The summed E-state index contributed by atoms with van der Waals surface area (Å²) in [4.78, 5) is 33.5. The Bertz CT molecular complexity index is 926. The first-order chi connectivity index (χ1) is 16.8. The lowest BCUT2D eigenvalue weighted by atomic mass is 10.1. The number of carbonyl (C=O) groups excluding carboxylic acids is 2. The third-order valence-corrected chi connectivity index (χ3v) is 17.4. The average molecular weight is 550 g/mol. The standard InChI is InChI=1S/C28H51N3O4Si2/c1-13-15-20(2)30-25(32)23-24(35-37(11,12)28(6,7)8)22(34-36(9,10)27(3,4)5)19-31(23)26(33)21-16-14-17-29-18-21/h14,16-18,20,22-24H,13,15,19H2,1-12H3,(H,30,32)/t20?,22-,23?,24+/m0/s1. The predicted octanol–water partition coefficient (Wildman–Crippen LogP) is 5.99. The molecule has 2 unspecified atom stereocenters. The van der Waals surface area contributed by atoms with Crippen LogP contribution in [-0.4, -0.2) is 69.2 Å². The molecule has 0 aliphatic carbocycles. The number of aromatic nitrogens is 1. The van der Waals surface area contributed by atoms with Crippen molar-refractivity contribution in [3.8, 4) is 0 Å². The largest absolute Gasteiger partial charge is 0.409 e. The number of nitrogens with zero attached hydrogens (tertiary/aromatic N) is 2. The van der Waals surface area contributed by atoms with E-state index in [0.717, 1.165) is 12.8 Å². The summed E-state index contributed by atoms with van der Waals surface area (Å²) < 4.78 is 13.9. The molecule has 7 nitrogen and oxygen atoms in total. The van der Waals surface area contributed by atoms with Crippen LogP contribution in [0.2, 0.25) is 36.3 Å². The van der Waals surface area contributed by atoms with Crippen LogP contribution < -0.4 is 5.32 Å². The Morgan fingerprint density at radius 1 is 1.08 bits per heavy atom. The summed E-state index contributed by atoms with van der Waals surface area (Å²) in [6, 6.07) is 2.71. The lowest BCUT2D eigenvalue weighted by Gasteiger charge is -2.43. The average Bonchev–Trinajstić information content (AvgIpc) is 3.09. The van der Waals surface area contributed by atoms with Gasteiger partial charge in [-0.2, -0.15) is 0 Å². The van der Waals surface area contributed by atoms with E-state index in [1.807, 2.05) is 6.92 Å². The molecule has 2 heterocycles. The third-order valence-electron chi connectivity index (χ3n) is 8.43. The molecule has 1 fully saturated rings. The van der Waals surface area contributed by atoms with E-state index >= 15 is 0 Å². The fourth-order valence-electron chi connectivity index (χ4n) is 4.10. The van der Waals surface area contributed by atoms with Crippen molar-refractivity contribution in [2.45, 2.75) is 129 Å². The van der Waals surface area contributed by atoms with Crippen molar-refractivity contribution in [2.24, 2.45) is 0 Å². The summed E-state index contributed by atoms with van der Waals surface area (Å²) in [5, 5.41) is 3.08. The van der Waals surface area contributed by atoms with Gasteiger partial charge < -0.3 is 19.1 Å². The lowest BCUT2D eigenvalue weighted by Crippen LogP contribution is -2.57. The molecule has 0 bridgehead atoms. The summed E-state index contributed by atoms with van der Waals surface area (Å²) >= 11 is 0. The molecule has 1 N–H and O–H groups in total. The molecule has 4 atom stereocenters. The third kappa shape index (κ3) is 7.52. The van der Waals surface area contributed by atoms with E-state index in [-0.39, 0.29) is 27.9 Å². The minimum Gasteiger partial charge on any atom is -0.409 e. The van der Waals surface area contributed by atoms with Gasteiger partial charge in [-0.25, -0.2) is 0 Å². The Morgan fingerprint density at radius 3 is 2.14 bits per heavy atom. The highest BCUT2D eigenvalue weighted by molar-refractivity contribution is 6.74. The Labute approximate surface area is 227 Å². The van der Waals surface area contributed by atoms with E-state index in [1.165, 1.54) is 0 Å². The van der Waals surface area contributed by atoms with Crippen LogP contribution in [0.3, 0.4) is 0 Å². The maximum atomic E-state index is 13.9.